The standard InChI is InChI=1S/C22H36N2O5/c1-6-8-11-29-20-18(26-4)14-17(15-19(20)27-5)21(25)23-16-22(24(3)7-2)9-12-28-13-10-22/h14-15H,6-13,16H2,1-5H3,(H,23,25). The molecule has 1 fully saturated rings. The van der Waals surface area contributed by atoms with Gasteiger partial charge >= 0.3 is 0 Å². The minimum atomic E-state index is -0.155. The number of nitrogens with zero attached hydrogens (tertiary/aromatic N) is 1. The topological polar surface area (TPSA) is 69.3 Å². The van der Waals surface area contributed by atoms with Crippen molar-refractivity contribution in [3.8, 4) is 17.2 Å². The molecule has 1 amide bonds. The minimum Gasteiger partial charge on any atom is -0.493 e. The largest absolute Gasteiger partial charge is 0.493 e. The van der Waals surface area contributed by atoms with Crippen LogP contribution in [0, 0.1) is 0 Å². The summed E-state index contributed by atoms with van der Waals surface area (Å²) >= 11 is 0. The third kappa shape index (κ3) is 5.76. The smallest absolute Gasteiger partial charge is 0.251 e. The van der Waals surface area contributed by atoms with Crippen molar-refractivity contribution in [3.63, 3.8) is 0 Å². The highest BCUT2D eigenvalue weighted by molar-refractivity contribution is 5.95. The highest BCUT2D eigenvalue weighted by Gasteiger charge is 2.36. The van der Waals surface area contributed by atoms with Crippen molar-refractivity contribution in [2.75, 3.05) is 54.2 Å². The van der Waals surface area contributed by atoms with E-state index in [-0.39, 0.29) is 11.4 Å². The van der Waals surface area contributed by atoms with Crippen molar-refractivity contribution in [1.82, 2.24) is 10.2 Å². The predicted octanol–water partition coefficient (Wildman–Crippen LogP) is 3.11. The van der Waals surface area contributed by atoms with E-state index in [1.54, 1.807) is 26.4 Å². The molecule has 29 heavy (non-hydrogen) atoms. The molecular weight excluding hydrogens is 372 g/mol. The maximum atomic E-state index is 12.9. The molecule has 1 aliphatic rings. The van der Waals surface area contributed by atoms with Crippen LogP contribution in [-0.2, 0) is 4.74 Å². The Morgan fingerprint density at radius 3 is 2.31 bits per heavy atom. The van der Waals surface area contributed by atoms with Gasteiger partial charge in [-0.05, 0) is 45.0 Å². The molecule has 1 aliphatic heterocycles. The number of unbranched alkanes of at least 4 members (excludes halogenated alkanes) is 1. The number of likely N-dealkylation sites (N-methyl/N-ethyl adjacent to an activating group) is 1. The second kappa shape index (κ2) is 11.3. The Bertz CT molecular complexity index is 634. The lowest BCUT2D eigenvalue weighted by Crippen LogP contribution is -2.57. The van der Waals surface area contributed by atoms with Gasteiger partial charge in [0.25, 0.3) is 5.91 Å². The molecule has 0 radical (unpaired) electrons. The number of nitrogens with one attached hydrogen (secondary N) is 1. The molecule has 0 atom stereocenters. The minimum absolute atomic E-state index is 0.0833. The lowest BCUT2D eigenvalue weighted by molar-refractivity contribution is -0.0146. The quantitative estimate of drug-likeness (QED) is 0.568. The number of rotatable bonds is 11. The fourth-order valence-corrected chi connectivity index (χ4v) is 3.60. The van der Waals surface area contributed by atoms with Crippen LogP contribution >= 0.6 is 0 Å². The average molecular weight is 409 g/mol. The molecule has 0 aromatic heterocycles. The van der Waals surface area contributed by atoms with Crippen molar-refractivity contribution in [1.29, 1.82) is 0 Å². The molecule has 0 unspecified atom stereocenters. The number of carbonyl (C=O) groups is 1. The highest BCUT2D eigenvalue weighted by atomic mass is 16.5. The van der Waals surface area contributed by atoms with Gasteiger partial charge in [0.1, 0.15) is 0 Å². The summed E-state index contributed by atoms with van der Waals surface area (Å²) in [6, 6.07) is 3.42. The van der Waals surface area contributed by atoms with Gasteiger partial charge in [-0.15, -0.1) is 0 Å². The molecular formula is C22H36N2O5. The Morgan fingerprint density at radius 2 is 1.79 bits per heavy atom. The second-order valence-corrected chi connectivity index (χ2v) is 7.45. The first-order valence-electron chi connectivity index (χ1n) is 10.5. The van der Waals surface area contributed by atoms with Gasteiger partial charge in [-0.1, -0.05) is 20.3 Å². The number of benzene rings is 1. The van der Waals surface area contributed by atoms with Crippen LogP contribution in [0.4, 0.5) is 0 Å². The summed E-state index contributed by atoms with van der Waals surface area (Å²) in [4.78, 5) is 15.2. The molecule has 0 bridgehead atoms. The molecule has 0 spiro atoms. The van der Waals surface area contributed by atoms with Crippen LogP contribution in [0.3, 0.4) is 0 Å². The van der Waals surface area contributed by atoms with Crippen LogP contribution < -0.4 is 19.5 Å². The normalized spacial score (nSPS) is 15.8. The Labute approximate surface area is 174 Å². The molecule has 1 aromatic rings. The number of hydrogen-bond donors (Lipinski definition) is 1. The fraction of sp³-hybridized carbons (Fsp3) is 0.682. The van der Waals surface area contributed by atoms with Crippen LogP contribution in [0.1, 0.15) is 49.9 Å². The highest BCUT2D eigenvalue weighted by Crippen LogP contribution is 2.38. The van der Waals surface area contributed by atoms with Gasteiger partial charge in [-0.2, -0.15) is 0 Å². The van der Waals surface area contributed by atoms with Crippen LogP contribution in [0.2, 0.25) is 0 Å². The maximum Gasteiger partial charge on any atom is 0.251 e. The molecule has 0 saturated carbocycles. The Balaban J connectivity index is 2.17. The molecule has 2 rings (SSSR count). The van der Waals surface area contributed by atoms with E-state index < -0.39 is 0 Å². The van der Waals surface area contributed by atoms with Crippen molar-refractivity contribution in [3.05, 3.63) is 17.7 Å². The Hall–Kier alpha value is -1.99. The van der Waals surface area contributed by atoms with E-state index in [0.717, 1.165) is 32.2 Å². The Morgan fingerprint density at radius 1 is 1.17 bits per heavy atom. The Kier molecular flexibility index (Phi) is 9.04. The van der Waals surface area contributed by atoms with E-state index in [9.17, 15) is 4.79 Å². The van der Waals surface area contributed by atoms with E-state index in [4.69, 9.17) is 18.9 Å². The van der Waals surface area contributed by atoms with Crippen molar-refractivity contribution in [2.24, 2.45) is 0 Å². The van der Waals surface area contributed by atoms with Crippen molar-refractivity contribution >= 4 is 5.91 Å². The number of hydrogen-bond acceptors (Lipinski definition) is 6. The molecule has 1 heterocycles. The molecule has 1 N–H and O–H groups in total. The van der Waals surface area contributed by atoms with Crippen LogP contribution in [-0.4, -0.2) is 70.5 Å². The summed E-state index contributed by atoms with van der Waals surface area (Å²) in [6.07, 6.45) is 3.76. The zero-order valence-corrected chi connectivity index (χ0v) is 18.5. The van der Waals surface area contributed by atoms with Crippen molar-refractivity contribution < 1.29 is 23.7 Å². The summed E-state index contributed by atoms with van der Waals surface area (Å²) < 4.78 is 22.3. The van der Waals surface area contributed by atoms with Gasteiger partial charge in [0.15, 0.2) is 11.5 Å². The third-order valence-electron chi connectivity index (χ3n) is 5.75. The number of ether oxygens (including phenoxy) is 4. The van der Waals surface area contributed by atoms with Gasteiger partial charge in [-0.25, -0.2) is 0 Å². The van der Waals surface area contributed by atoms with Gasteiger partial charge in [-0.3, -0.25) is 9.69 Å². The average Bonchev–Trinajstić information content (AvgIpc) is 2.77. The SMILES string of the molecule is CCCCOc1c(OC)cc(C(=O)NCC2(N(C)CC)CCOCC2)cc1OC. The maximum absolute atomic E-state index is 12.9. The van der Waals surface area contributed by atoms with Crippen LogP contribution in [0.15, 0.2) is 12.1 Å². The third-order valence-corrected chi connectivity index (χ3v) is 5.75. The van der Waals surface area contributed by atoms with E-state index in [1.165, 1.54) is 0 Å². The monoisotopic (exact) mass is 408 g/mol. The summed E-state index contributed by atoms with van der Waals surface area (Å²) in [7, 11) is 5.23. The van der Waals surface area contributed by atoms with E-state index in [0.29, 0.717) is 49.2 Å². The molecule has 7 heteroatoms. The van der Waals surface area contributed by atoms with Crippen LogP contribution in [0.5, 0.6) is 17.2 Å². The van der Waals surface area contributed by atoms with Gasteiger partial charge in [0.2, 0.25) is 5.75 Å². The number of amides is 1. The molecule has 1 saturated heterocycles. The summed E-state index contributed by atoms with van der Waals surface area (Å²) in [5.74, 6) is 1.37. The van der Waals surface area contributed by atoms with Crippen molar-refractivity contribution in [2.45, 2.75) is 45.1 Å². The second-order valence-electron chi connectivity index (χ2n) is 7.45. The summed E-state index contributed by atoms with van der Waals surface area (Å²) in [5, 5.41) is 3.11. The van der Waals surface area contributed by atoms with E-state index >= 15 is 0 Å². The van der Waals surface area contributed by atoms with E-state index in [1.807, 2.05) is 0 Å². The van der Waals surface area contributed by atoms with Gasteiger partial charge in [0, 0.05) is 30.9 Å². The number of carbonyl (C=O) groups excluding carboxylic acids is 1. The van der Waals surface area contributed by atoms with E-state index in [2.05, 4.69) is 31.1 Å². The first-order valence-corrected chi connectivity index (χ1v) is 10.5. The molecule has 7 nitrogen and oxygen atoms in total. The predicted molar refractivity (Wildman–Crippen MR) is 113 cm³/mol. The molecule has 164 valence electrons. The van der Waals surface area contributed by atoms with Crippen LogP contribution in [0.25, 0.3) is 0 Å². The first kappa shape index (κ1) is 23.3. The lowest BCUT2D eigenvalue weighted by atomic mass is 9.88. The summed E-state index contributed by atoms with van der Waals surface area (Å²) in [6.45, 7) is 7.72. The molecule has 0 aliphatic carbocycles. The molecule has 1 aromatic carbocycles. The first-order chi connectivity index (χ1) is 14.0. The lowest BCUT2D eigenvalue weighted by Gasteiger charge is -2.44. The van der Waals surface area contributed by atoms with Gasteiger partial charge < -0.3 is 24.3 Å². The zero-order chi connectivity index (χ0) is 21.3. The fourth-order valence-electron chi connectivity index (χ4n) is 3.60. The summed E-state index contributed by atoms with van der Waals surface area (Å²) in [5.41, 5.74) is 0.406. The van der Waals surface area contributed by atoms with Gasteiger partial charge in [0.05, 0.1) is 20.8 Å². The number of methoxy groups -OCH3 is 2. The zero-order valence-electron chi connectivity index (χ0n) is 18.5.